The Hall–Kier alpha value is -5.60. The SMILES string of the molecule is C[C@@H](Cc1ccccc1)C(=O)N[C@@H](Cc1ccccc1)C(=O)C[C@@H](Cc1ccccc1)C(=O)N[C@@H](Cc1ccccc1)C(=O)O[Si](C)(C)C(C)(C)c1ccccc1. The third kappa shape index (κ3) is 12.2. The van der Waals surface area contributed by atoms with Crippen LogP contribution < -0.4 is 10.6 Å². The lowest BCUT2D eigenvalue weighted by Crippen LogP contribution is -2.55. The Labute approximate surface area is 339 Å². The monoisotopic (exact) mass is 780 g/mol. The Morgan fingerprint density at radius 2 is 0.930 bits per heavy atom. The molecule has 0 aliphatic carbocycles. The molecular weight excluding hydrogens is 725 g/mol. The minimum Gasteiger partial charge on any atom is -0.517 e. The van der Waals surface area contributed by atoms with Gasteiger partial charge >= 0.3 is 5.97 Å². The van der Waals surface area contributed by atoms with Crippen molar-refractivity contribution in [2.75, 3.05) is 0 Å². The molecule has 0 radical (unpaired) electrons. The fourth-order valence-electron chi connectivity index (χ4n) is 7.00. The van der Waals surface area contributed by atoms with E-state index >= 15 is 0 Å². The Morgan fingerprint density at radius 1 is 0.544 bits per heavy atom. The molecule has 57 heavy (non-hydrogen) atoms. The van der Waals surface area contributed by atoms with E-state index in [1.165, 1.54) is 0 Å². The van der Waals surface area contributed by atoms with Gasteiger partial charge in [-0.15, -0.1) is 0 Å². The normalized spacial score (nSPS) is 13.7. The van der Waals surface area contributed by atoms with Gasteiger partial charge in [-0.2, -0.15) is 0 Å². The molecule has 0 spiro atoms. The van der Waals surface area contributed by atoms with E-state index in [-0.39, 0.29) is 43.3 Å². The van der Waals surface area contributed by atoms with E-state index in [2.05, 4.69) is 36.6 Å². The van der Waals surface area contributed by atoms with Gasteiger partial charge in [0.1, 0.15) is 6.04 Å². The summed E-state index contributed by atoms with van der Waals surface area (Å²) in [6, 6.07) is 46.6. The number of ketones is 1. The molecule has 2 amide bonds. The van der Waals surface area contributed by atoms with Crippen molar-refractivity contribution in [1.82, 2.24) is 10.6 Å². The van der Waals surface area contributed by atoms with E-state index in [0.717, 1.165) is 27.8 Å². The number of benzene rings is 5. The number of carbonyl (C=O) groups is 4. The fourth-order valence-corrected chi connectivity index (χ4v) is 8.76. The summed E-state index contributed by atoms with van der Waals surface area (Å²) in [6.45, 7) is 10.1. The van der Waals surface area contributed by atoms with Gasteiger partial charge in [-0.25, -0.2) is 0 Å². The molecule has 7 nitrogen and oxygen atoms in total. The van der Waals surface area contributed by atoms with E-state index in [4.69, 9.17) is 4.43 Å². The van der Waals surface area contributed by atoms with Crippen LogP contribution in [0.15, 0.2) is 152 Å². The molecule has 0 heterocycles. The fraction of sp³-hybridized carbons (Fsp3) is 0.306. The standard InChI is InChI=1S/C49H56N2O5Si/c1-36(31-37-21-11-6-12-22-37)46(53)50-43(33-39-25-15-8-16-26-39)45(52)35-41(32-38-23-13-7-14-24-38)47(54)51-44(34-40-27-17-9-18-28-40)48(55)56-57(4,5)49(2,3)42-29-19-10-20-30-42/h6-30,36,41,43-44H,31-35H2,1-5H3,(H,50,53)(H,51,54)/t36-,41+,43-,44-/m0/s1. The van der Waals surface area contributed by atoms with Gasteiger partial charge in [-0.3, -0.25) is 19.2 Å². The van der Waals surface area contributed by atoms with Gasteiger partial charge < -0.3 is 15.1 Å². The highest BCUT2D eigenvalue weighted by Crippen LogP contribution is 2.35. The van der Waals surface area contributed by atoms with Crippen LogP contribution >= 0.6 is 0 Å². The van der Waals surface area contributed by atoms with Crippen LogP contribution in [-0.2, 0) is 54.3 Å². The highest BCUT2D eigenvalue weighted by molar-refractivity contribution is 6.75. The van der Waals surface area contributed by atoms with Crippen molar-refractivity contribution < 1.29 is 23.6 Å². The second-order valence-electron chi connectivity index (χ2n) is 16.1. The van der Waals surface area contributed by atoms with Crippen molar-refractivity contribution >= 4 is 31.9 Å². The van der Waals surface area contributed by atoms with Crippen molar-refractivity contribution in [3.05, 3.63) is 179 Å². The highest BCUT2D eigenvalue weighted by Gasteiger charge is 2.46. The number of rotatable bonds is 19. The molecule has 5 aromatic carbocycles. The summed E-state index contributed by atoms with van der Waals surface area (Å²) in [5.74, 6) is -2.61. The maximum absolute atomic E-state index is 14.5. The predicted octanol–water partition coefficient (Wildman–Crippen LogP) is 8.40. The topological polar surface area (TPSA) is 102 Å². The molecular formula is C49H56N2O5Si. The van der Waals surface area contributed by atoms with E-state index in [0.29, 0.717) is 6.42 Å². The second-order valence-corrected chi connectivity index (χ2v) is 20.5. The molecule has 0 aromatic heterocycles. The molecule has 5 aromatic rings. The second kappa shape index (κ2) is 20.0. The maximum atomic E-state index is 14.5. The zero-order valence-electron chi connectivity index (χ0n) is 33.8. The number of nitrogens with one attached hydrogen (secondary N) is 2. The summed E-state index contributed by atoms with van der Waals surface area (Å²) in [5, 5.41) is 5.67. The smallest absolute Gasteiger partial charge is 0.315 e. The van der Waals surface area contributed by atoms with Gasteiger partial charge in [0.05, 0.1) is 6.04 Å². The summed E-state index contributed by atoms with van der Waals surface area (Å²) in [5.41, 5.74) is 4.75. The van der Waals surface area contributed by atoms with Crippen LogP contribution in [0.2, 0.25) is 13.1 Å². The van der Waals surface area contributed by atoms with Gasteiger partial charge in [0.2, 0.25) is 11.8 Å². The average molecular weight is 781 g/mol. The number of Topliss-reactive ketones (excluding diaryl/α,β-unsaturated/α-hetero) is 1. The Balaban J connectivity index is 1.40. The zero-order valence-corrected chi connectivity index (χ0v) is 34.8. The first-order valence-corrected chi connectivity index (χ1v) is 22.8. The zero-order chi connectivity index (χ0) is 40.8. The summed E-state index contributed by atoms with van der Waals surface area (Å²) >= 11 is 0. The lowest BCUT2D eigenvalue weighted by molar-refractivity contribution is -0.141. The lowest BCUT2D eigenvalue weighted by atomic mass is 9.89. The van der Waals surface area contributed by atoms with Crippen LogP contribution in [0.1, 0.15) is 55.0 Å². The van der Waals surface area contributed by atoms with Gasteiger partial charge in [0, 0.05) is 29.7 Å². The van der Waals surface area contributed by atoms with E-state index in [1.54, 1.807) is 0 Å². The molecule has 0 bridgehead atoms. The molecule has 8 heteroatoms. The molecule has 0 aliphatic heterocycles. The van der Waals surface area contributed by atoms with Crippen molar-refractivity contribution in [2.45, 2.75) is 83.1 Å². The minimum absolute atomic E-state index is 0.139. The number of amides is 2. The van der Waals surface area contributed by atoms with Crippen molar-refractivity contribution in [3.63, 3.8) is 0 Å². The van der Waals surface area contributed by atoms with Crippen molar-refractivity contribution in [2.24, 2.45) is 11.8 Å². The summed E-state index contributed by atoms with van der Waals surface area (Å²) < 4.78 is 6.46. The van der Waals surface area contributed by atoms with E-state index < -0.39 is 43.2 Å². The molecule has 4 atom stereocenters. The summed E-state index contributed by atoms with van der Waals surface area (Å²) in [4.78, 5) is 56.9. The van der Waals surface area contributed by atoms with Gasteiger partial charge in [-0.05, 0) is 60.2 Å². The third-order valence-electron chi connectivity index (χ3n) is 11.2. The van der Waals surface area contributed by atoms with Gasteiger partial charge in [0.15, 0.2) is 5.78 Å². The van der Waals surface area contributed by atoms with E-state index in [1.807, 2.05) is 160 Å². The molecule has 0 aliphatic rings. The number of hydrogen-bond acceptors (Lipinski definition) is 5. The molecule has 0 unspecified atom stereocenters. The van der Waals surface area contributed by atoms with Crippen LogP contribution in [0.4, 0.5) is 0 Å². The summed E-state index contributed by atoms with van der Waals surface area (Å²) in [7, 11) is -2.78. The van der Waals surface area contributed by atoms with Crippen LogP contribution in [0.3, 0.4) is 0 Å². The molecule has 2 N–H and O–H groups in total. The first-order chi connectivity index (χ1) is 27.3. The highest BCUT2D eigenvalue weighted by atomic mass is 28.4. The quantitative estimate of drug-likeness (QED) is 0.0821. The molecule has 5 rings (SSSR count). The Morgan fingerprint density at radius 3 is 1.40 bits per heavy atom. The Kier molecular flexibility index (Phi) is 14.9. The molecule has 0 fully saturated rings. The maximum Gasteiger partial charge on any atom is 0.315 e. The van der Waals surface area contributed by atoms with Crippen LogP contribution in [-0.4, -0.2) is 44.0 Å². The van der Waals surface area contributed by atoms with Crippen LogP contribution in [0.5, 0.6) is 0 Å². The largest absolute Gasteiger partial charge is 0.517 e. The van der Waals surface area contributed by atoms with Crippen molar-refractivity contribution in [1.29, 1.82) is 0 Å². The van der Waals surface area contributed by atoms with E-state index in [9.17, 15) is 19.2 Å². The van der Waals surface area contributed by atoms with Gasteiger partial charge in [-0.1, -0.05) is 172 Å². The van der Waals surface area contributed by atoms with Gasteiger partial charge in [0.25, 0.3) is 8.32 Å². The lowest BCUT2D eigenvalue weighted by Gasteiger charge is -2.40. The van der Waals surface area contributed by atoms with Crippen LogP contribution in [0.25, 0.3) is 0 Å². The Bertz CT molecular complexity index is 2040. The van der Waals surface area contributed by atoms with Crippen LogP contribution in [0, 0.1) is 11.8 Å². The number of hydrogen-bond donors (Lipinski definition) is 2. The molecule has 0 saturated heterocycles. The predicted molar refractivity (Wildman–Crippen MR) is 230 cm³/mol. The first kappa shape index (κ1) is 42.5. The first-order valence-electron chi connectivity index (χ1n) is 19.9. The average Bonchev–Trinajstić information content (AvgIpc) is 3.21. The number of carbonyl (C=O) groups excluding carboxylic acids is 4. The third-order valence-corrected chi connectivity index (χ3v) is 15.2. The van der Waals surface area contributed by atoms with Crippen molar-refractivity contribution in [3.8, 4) is 0 Å². The molecule has 0 saturated carbocycles. The minimum atomic E-state index is -2.78. The molecule has 296 valence electrons. The summed E-state index contributed by atoms with van der Waals surface area (Å²) in [6.07, 6.45) is 1.16.